The van der Waals surface area contributed by atoms with Gasteiger partial charge < -0.3 is 5.11 Å². The van der Waals surface area contributed by atoms with Crippen LogP contribution < -0.4 is 0 Å². The van der Waals surface area contributed by atoms with Gasteiger partial charge in [-0.1, -0.05) is 29.8 Å². The van der Waals surface area contributed by atoms with Gasteiger partial charge in [-0.15, -0.1) is 11.8 Å². The van der Waals surface area contributed by atoms with E-state index in [0.717, 1.165) is 11.3 Å². The van der Waals surface area contributed by atoms with Crippen molar-refractivity contribution in [2.45, 2.75) is 10.6 Å². The number of phenolic OH excluding ortho intramolecular Hbond substituents is 1. The summed E-state index contributed by atoms with van der Waals surface area (Å²) in [7, 11) is 0. The van der Waals surface area contributed by atoms with Crippen LogP contribution in [0.5, 0.6) is 5.75 Å². The Labute approximate surface area is 104 Å². The molecule has 0 unspecified atom stereocenters. The van der Waals surface area contributed by atoms with Crippen LogP contribution in [0.1, 0.15) is 5.56 Å². The second kappa shape index (κ2) is 5.28. The van der Waals surface area contributed by atoms with E-state index in [1.54, 1.807) is 30.0 Å². The average Bonchev–Trinajstić information content (AvgIpc) is 2.32. The number of hydrogen-bond donors (Lipinski definition) is 1. The monoisotopic (exact) mass is 250 g/mol. The van der Waals surface area contributed by atoms with Crippen LogP contribution in [0.25, 0.3) is 0 Å². The molecule has 3 heteroatoms. The summed E-state index contributed by atoms with van der Waals surface area (Å²) in [5, 5.41) is 10.3. The zero-order chi connectivity index (χ0) is 11.4. The predicted molar refractivity (Wildman–Crippen MR) is 69.1 cm³/mol. The van der Waals surface area contributed by atoms with Crippen LogP contribution in [0.4, 0.5) is 0 Å². The molecule has 2 aromatic rings. The minimum Gasteiger partial charge on any atom is -0.508 e. The van der Waals surface area contributed by atoms with Crippen molar-refractivity contribution in [1.29, 1.82) is 0 Å². The normalized spacial score (nSPS) is 10.3. The van der Waals surface area contributed by atoms with Crippen LogP contribution in [0, 0.1) is 0 Å². The molecule has 0 saturated carbocycles. The molecule has 1 N–H and O–H groups in total. The quantitative estimate of drug-likeness (QED) is 0.818. The third-order valence-corrected chi connectivity index (χ3v) is 3.48. The third-order valence-electron chi connectivity index (χ3n) is 2.18. The minimum atomic E-state index is 0.299. The lowest BCUT2D eigenvalue weighted by atomic mass is 10.2. The van der Waals surface area contributed by atoms with Gasteiger partial charge in [0.2, 0.25) is 0 Å². The highest BCUT2D eigenvalue weighted by molar-refractivity contribution is 7.98. The Morgan fingerprint density at radius 3 is 2.56 bits per heavy atom. The van der Waals surface area contributed by atoms with E-state index in [4.69, 9.17) is 11.6 Å². The Hall–Kier alpha value is -1.12. The fraction of sp³-hybridized carbons (Fsp3) is 0.0769. The number of halogens is 1. The average molecular weight is 251 g/mol. The summed E-state index contributed by atoms with van der Waals surface area (Å²) in [6.45, 7) is 0. The van der Waals surface area contributed by atoms with Gasteiger partial charge in [0.25, 0.3) is 0 Å². The van der Waals surface area contributed by atoms with E-state index >= 15 is 0 Å². The number of rotatable bonds is 3. The molecular formula is C13H11ClOS. The molecule has 0 atom stereocenters. The molecule has 0 aliphatic heterocycles. The molecule has 0 aliphatic carbocycles. The van der Waals surface area contributed by atoms with E-state index in [0.29, 0.717) is 10.8 Å². The van der Waals surface area contributed by atoms with Crippen LogP contribution in [0.2, 0.25) is 5.02 Å². The van der Waals surface area contributed by atoms with Gasteiger partial charge in [-0.05, 0) is 30.3 Å². The third kappa shape index (κ3) is 2.94. The fourth-order valence-corrected chi connectivity index (χ4v) is 2.45. The maximum Gasteiger partial charge on any atom is 0.119 e. The van der Waals surface area contributed by atoms with E-state index in [1.807, 2.05) is 30.3 Å². The van der Waals surface area contributed by atoms with Gasteiger partial charge in [-0.2, -0.15) is 0 Å². The largest absolute Gasteiger partial charge is 0.508 e. The Balaban J connectivity index is 2.08. The standard InChI is InChI=1S/C13H11ClOS/c14-11-6-7-13(15)10(8-11)9-16-12-4-2-1-3-5-12/h1-8,15H,9H2. The summed E-state index contributed by atoms with van der Waals surface area (Å²) in [5.74, 6) is 1.02. The molecule has 0 bridgehead atoms. The first kappa shape index (κ1) is 11.4. The number of benzene rings is 2. The SMILES string of the molecule is Oc1ccc(Cl)cc1CSc1ccccc1. The zero-order valence-corrected chi connectivity index (χ0v) is 10.1. The number of aromatic hydroxyl groups is 1. The van der Waals surface area contributed by atoms with E-state index in [9.17, 15) is 5.11 Å². The van der Waals surface area contributed by atoms with Crippen LogP contribution >= 0.6 is 23.4 Å². The molecule has 0 aromatic heterocycles. The molecule has 16 heavy (non-hydrogen) atoms. The fourth-order valence-electron chi connectivity index (χ4n) is 1.35. The Morgan fingerprint density at radius 2 is 1.81 bits per heavy atom. The zero-order valence-electron chi connectivity index (χ0n) is 8.56. The summed E-state index contributed by atoms with van der Waals surface area (Å²) < 4.78 is 0. The Bertz CT molecular complexity index is 471. The lowest BCUT2D eigenvalue weighted by Gasteiger charge is -2.05. The van der Waals surface area contributed by atoms with Crippen molar-refractivity contribution in [3.63, 3.8) is 0 Å². The van der Waals surface area contributed by atoms with Crippen molar-refractivity contribution in [3.8, 4) is 5.75 Å². The van der Waals surface area contributed by atoms with E-state index in [1.165, 1.54) is 4.90 Å². The second-order valence-electron chi connectivity index (χ2n) is 3.37. The smallest absolute Gasteiger partial charge is 0.119 e. The highest BCUT2D eigenvalue weighted by Gasteiger charge is 2.02. The van der Waals surface area contributed by atoms with E-state index in [2.05, 4.69) is 0 Å². The van der Waals surface area contributed by atoms with Gasteiger partial charge in [0.15, 0.2) is 0 Å². The number of hydrogen-bond acceptors (Lipinski definition) is 2. The van der Waals surface area contributed by atoms with Crippen molar-refractivity contribution in [2.75, 3.05) is 0 Å². The number of thioether (sulfide) groups is 1. The van der Waals surface area contributed by atoms with Gasteiger partial charge in [0.05, 0.1) is 0 Å². The molecule has 0 spiro atoms. The lowest BCUT2D eigenvalue weighted by molar-refractivity contribution is 0.470. The molecule has 2 rings (SSSR count). The van der Waals surface area contributed by atoms with Crippen molar-refractivity contribution in [2.24, 2.45) is 0 Å². The molecule has 0 saturated heterocycles. The molecular weight excluding hydrogens is 240 g/mol. The van der Waals surface area contributed by atoms with Crippen LogP contribution in [-0.4, -0.2) is 5.11 Å². The highest BCUT2D eigenvalue weighted by atomic mass is 35.5. The summed E-state index contributed by atoms with van der Waals surface area (Å²) >= 11 is 7.56. The van der Waals surface area contributed by atoms with Crippen molar-refractivity contribution >= 4 is 23.4 Å². The highest BCUT2D eigenvalue weighted by Crippen LogP contribution is 2.29. The summed E-state index contributed by atoms with van der Waals surface area (Å²) in [6.07, 6.45) is 0. The molecule has 82 valence electrons. The van der Waals surface area contributed by atoms with Crippen molar-refractivity contribution in [3.05, 3.63) is 59.1 Å². The number of phenols is 1. The van der Waals surface area contributed by atoms with Crippen LogP contribution in [-0.2, 0) is 5.75 Å². The first-order valence-corrected chi connectivity index (χ1v) is 6.27. The molecule has 0 fully saturated rings. The predicted octanol–water partition coefficient (Wildman–Crippen LogP) is 4.34. The minimum absolute atomic E-state index is 0.299. The van der Waals surface area contributed by atoms with E-state index in [-0.39, 0.29) is 0 Å². The van der Waals surface area contributed by atoms with Gasteiger partial charge >= 0.3 is 0 Å². The van der Waals surface area contributed by atoms with Gasteiger partial charge in [0, 0.05) is 21.2 Å². The summed E-state index contributed by atoms with van der Waals surface area (Å²) in [5.41, 5.74) is 0.862. The molecule has 2 aromatic carbocycles. The van der Waals surface area contributed by atoms with Gasteiger partial charge in [0.1, 0.15) is 5.75 Å². The van der Waals surface area contributed by atoms with Gasteiger partial charge in [-0.25, -0.2) is 0 Å². The Kier molecular flexibility index (Phi) is 3.75. The molecule has 0 aliphatic rings. The lowest BCUT2D eigenvalue weighted by Crippen LogP contribution is -1.82. The van der Waals surface area contributed by atoms with E-state index < -0.39 is 0 Å². The van der Waals surface area contributed by atoms with Crippen LogP contribution in [0.3, 0.4) is 0 Å². The van der Waals surface area contributed by atoms with Gasteiger partial charge in [-0.3, -0.25) is 0 Å². The summed E-state index contributed by atoms with van der Waals surface area (Å²) in [6, 6.07) is 15.2. The van der Waals surface area contributed by atoms with Crippen molar-refractivity contribution in [1.82, 2.24) is 0 Å². The first-order valence-electron chi connectivity index (χ1n) is 4.91. The molecule has 0 amide bonds. The van der Waals surface area contributed by atoms with Crippen molar-refractivity contribution < 1.29 is 5.11 Å². The first-order chi connectivity index (χ1) is 7.75. The molecule has 0 heterocycles. The van der Waals surface area contributed by atoms with Crippen LogP contribution in [0.15, 0.2) is 53.4 Å². The topological polar surface area (TPSA) is 20.2 Å². The summed E-state index contributed by atoms with van der Waals surface area (Å²) in [4.78, 5) is 1.18. The Morgan fingerprint density at radius 1 is 1.06 bits per heavy atom. The maximum atomic E-state index is 9.64. The maximum absolute atomic E-state index is 9.64. The molecule has 1 nitrogen and oxygen atoms in total. The second-order valence-corrected chi connectivity index (χ2v) is 4.86. The molecule has 0 radical (unpaired) electrons.